The quantitative estimate of drug-likeness (QED) is 0.225. The molecule has 0 bridgehead atoms. The molecule has 0 spiro atoms. The lowest BCUT2D eigenvalue weighted by molar-refractivity contribution is -0.122. The molecule has 10 heteroatoms. The first-order valence-electron chi connectivity index (χ1n) is 11.1. The summed E-state index contributed by atoms with van der Waals surface area (Å²) in [6.07, 6.45) is 4.38. The number of carbonyl (C=O) groups is 3. The van der Waals surface area contributed by atoms with Crippen LogP contribution in [-0.2, 0) is 14.3 Å². The minimum Gasteiger partial charge on any atom is -0.465 e. The normalized spacial score (nSPS) is 15.6. The number of thioether (sulfide) groups is 1. The van der Waals surface area contributed by atoms with Crippen LogP contribution in [0.5, 0.6) is 11.5 Å². The summed E-state index contributed by atoms with van der Waals surface area (Å²) in [4.78, 5) is 38.7. The summed E-state index contributed by atoms with van der Waals surface area (Å²) in [7, 11) is 1.33. The van der Waals surface area contributed by atoms with Gasteiger partial charge in [0, 0.05) is 24.7 Å². The first-order valence-corrected chi connectivity index (χ1v) is 12.3. The van der Waals surface area contributed by atoms with Gasteiger partial charge in [-0.05, 0) is 48.7 Å². The molecule has 2 aliphatic rings. The smallest absolute Gasteiger partial charge is 0.337 e. The van der Waals surface area contributed by atoms with Gasteiger partial charge in [-0.2, -0.15) is 0 Å². The van der Waals surface area contributed by atoms with Crippen molar-refractivity contribution in [3.63, 3.8) is 0 Å². The zero-order valence-corrected chi connectivity index (χ0v) is 20.7. The van der Waals surface area contributed by atoms with E-state index in [1.54, 1.807) is 53.4 Å². The summed E-state index contributed by atoms with van der Waals surface area (Å²) in [5.41, 5.74) is 1.91. The summed E-state index contributed by atoms with van der Waals surface area (Å²) in [6, 6.07) is 12.1. The molecule has 2 amide bonds. The fourth-order valence-corrected chi connectivity index (χ4v) is 4.92. The number of nitrogens with one attached hydrogen (secondary N) is 1. The summed E-state index contributed by atoms with van der Waals surface area (Å²) in [5.74, 6) is 0.685. The van der Waals surface area contributed by atoms with E-state index in [9.17, 15) is 14.4 Å². The largest absolute Gasteiger partial charge is 0.465 e. The SMILES string of the molecule is COC(=O)c1ccc(/C=C2\SC(=S)N(CCCCCC(=O)Nc3ccc4c(c3)OCO4)C2=O)cc1. The molecule has 2 aliphatic heterocycles. The Kier molecular flexibility index (Phi) is 8.04. The second-order valence-electron chi connectivity index (χ2n) is 7.87. The number of unbranched alkanes of at least 4 members (excludes halogenated alkanes) is 2. The van der Waals surface area contributed by atoms with Gasteiger partial charge < -0.3 is 19.5 Å². The number of ether oxygens (including phenoxy) is 3. The minimum atomic E-state index is -0.409. The average molecular weight is 513 g/mol. The van der Waals surface area contributed by atoms with Crippen molar-refractivity contribution in [2.75, 3.05) is 25.8 Å². The molecular formula is C25H24N2O6S2. The fourth-order valence-electron chi connectivity index (χ4n) is 3.61. The molecule has 1 fully saturated rings. The zero-order chi connectivity index (χ0) is 24.8. The van der Waals surface area contributed by atoms with Gasteiger partial charge in [-0.3, -0.25) is 14.5 Å². The van der Waals surface area contributed by atoms with Crippen molar-refractivity contribution >= 4 is 57.8 Å². The Bertz CT molecular complexity index is 1180. The number of methoxy groups -OCH3 is 1. The van der Waals surface area contributed by atoms with Crippen molar-refractivity contribution < 1.29 is 28.6 Å². The van der Waals surface area contributed by atoms with Crippen LogP contribution in [-0.4, -0.2) is 47.5 Å². The van der Waals surface area contributed by atoms with Gasteiger partial charge in [0.05, 0.1) is 17.6 Å². The number of nitrogens with zero attached hydrogens (tertiary/aromatic N) is 1. The monoisotopic (exact) mass is 512 g/mol. The minimum absolute atomic E-state index is 0.0735. The fraction of sp³-hybridized carbons (Fsp3) is 0.280. The van der Waals surface area contributed by atoms with Crippen LogP contribution >= 0.6 is 24.0 Å². The molecule has 1 saturated heterocycles. The van der Waals surface area contributed by atoms with Gasteiger partial charge in [0.15, 0.2) is 11.5 Å². The van der Waals surface area contributed by atoms with Gasteiger partial charge in [-0.1, -0.05) is 42.5 Å². The lowest BCUT2D eigenvalue weighted by Gasteiger charge is -2.14. The third-order valence-corrected chi connectivity index (χ3v) is 6.82. The summed E-state index contributed by atoms with van der Waals surface area (Å²) in [6.45, 7) is 0.697. The summed E-state index contributed by atoms with van der Waals surface area (Å²) >= 11 is 6.65. The standard InChI is InChI=1S/C25H24N2O6S2/c1-31-24(30)17-8-6-16(7-9-17)13-21-23(29)27(25(34)35-21)12-4-2-3-5-22(28)26-18-10-11-19-20(14-18)33-15-32-19/h6-11,13-14H,2-5,12,15H2,1H3,(H,26,28)/b21-13-. The number of esters is 1. The first kappa shape index (κ1) is 24.7. The maximum absolute atomic E-state index is 12.8. The van der Waals surface area contributed by atoms with Crippen molar-refractivity contribution in [2.45, 2.75) is 25.7 Å². The lowest BCUT2D eigenvalue weighted by atomic mass is 10.1. The summed E-state index contributed by atoms with van der Waals surface area (Å²) in [5, 5.41) is 2.86. The van der Waals surface area contributed by atoms with Gasteiger partial charge >= 0.3 is 5.97 Å². The first-order chi connectivity index (χ1) is 16.9. The maximum atomic E-state index is 12.8. The third-order valence-electron chi connectivity index (χ3n) is 5.45. The second-order valence-corrected chi connectivity index (χ2v) is 9.55. The molecule has 4 rings (SSSR count). The van der Waals surface area contributed by atoms with E-state index in [0.717, 1.165) is 18.4 Å². The Morgan fingerprint density at radius 3 is 2.66 bits per heavy atom. The van der Waals surface area contributed by atoms with Crippen molar-refractivity contribution in [2.24, 2.45) is 0 Å². The number of hydrogen-bond acceptors (Lipinski definition) is 8. The number of anilines is 1. The molecule has 0 saturated carbocycles. The van der Waals surface area contributed by atoms with E-state index < -0.39 is 5.97 Å². The lowest BCUT2D eigenvalue weighted by Crippen LogP contribution is -2.29. The van der Waals surface area contributed by atoms with Crippen molar-refractivity contribution in [3.05, 3.63) is 58.5 Å². The summed E-state index contributed by atoms with van der Waals surface area (Å²) < 4.78 is 15.8. The van der Waals surface area contributed by atoms with Gasteiger partial charge in [-0.15, -0.1) is 0 Å². The average Bonchev–Trinajstić information content (AvgIpc) is 3.43. The topological polar surface area (TPSA) is 94.2 Å². The number of fused-ring (bicyclic) bond motifs is 1. The Morgan fingerprint density at radius 1 is 1.11 bits per heavy atom. The molecule has 182 valence electrons. The molecule has 0 aliphatic carbocycles. The second kappa shape index (κ2) is 11.4. The Hall–Kier alpha value is -3.37. The number of hydrogen-bond donors (Lipinski definition) is 1. The van der Waals surface area contributed by atoms with Crippen molar-refractivity contribution in [3.8, 4) is 11.5 Å². The number of benzene rings is 2. The maximum Gasteiger partial charge on any atom is 0.337 e. The van der Waals surface area contributed by atoms with Crippen LogP contribution in [0.1, 0.15) is 41.6 Å². The highest BCUT2D eigenvalue weighted by Crippen LogP contribution is 2.34. The number of rotatable bonds is 9. The van der Waals surface area contributed by atoms with Crippen LogP contribution in [0.3, 0.4) is 0 Å². The highest BCUT2D eigenvalue weighted by atomic mass is 32.2. The van der Waals surface area contributed by atoms with E-state index in [-0.39, 0.29) is 18.6 Å². The van der Waals surface area contributed by atoms with Gasteiger partial charge in [0.2, 0.25) is 12.7 Å². The molecule has 2 aromatic rings. The molecule has 0 atom stereocenters. The van der Waals surface area contributed by atoms with Crippen LogP contribution in [0.2, 0.25) is 0 Å². The Morgan fingerprint density at radius 2 is 1.89 bits per heavy atom. The highest BCUT2D eigenvalue weighted by molar-refractivity contribution is 8.26. The van der Waals surface area contributed by atoms with Crippen LogP contribution in [0, 0.1) is 0 Å². The number of carbonyl (C=O) groups excluding carboxylic acids is 3. The molecule has 0 unspecified atom stereocenters. The Labute approximate surface area is 212 Å². The number of thiocarbonyl (C=S) groups is 1. The van der Waals surface area contributed by atoms with E-state index in [1.165, 1.54) is 18.9 Å². The molecular weight excluding hydrogens is 488 g/mol. The van der Waals surface area contributed by atoms with Gasteiger partial charge in [-0.25, -0.2) is 4.79 Å². The Balaban J connectivity index is 1.20. The predicted molar refractivity (Wildman–Crippen MR) is 137 cm³/mol. The van der Waals surface area contributed by atoms with E-state index in [1.807, 2.05) is 0 Å². The van der Waals surface area contributed by atoms with Crippen molar-refractivity contribution in [1.82, 2.24) is 4.90 Å². The van der Waals surface area contributed by atoms with Gasteiger partial charge in [0.25, 0.3) is 5.91 Å². The molecule has 8 nitrogen and oxygen atoms in total. The molecule has 1 N–H and O–H groups in total. The van der Waals surface area contributed by atoms with Gasteiger partial charge in [0.1, 0.15) is 4.32 Å². The van der Waals surface area contributed by atoms with Crippen LogP contribution in [0.25, 0.3) is 6.08 Å². The van der Waals surface area contributed by atoms with Crippen molar-refractivity contribution in [1.29, 1.82) is 0 Å². The van der Waals surface area contributed by atoms with Crippen LogP contribution in [0.4, 0.5) is 5.69 Å². The molecule has 0 radical (unpaired) electrons. The molecule has 2 heterocycles. The highest BCUT2D eigenvalue weighted by Gasteiger charge is 2.31. The third kappa shape index (κ3) is 6.20. The van der Waals surface area contributed by atoms with Crippen LogP contribution < -0.4 is 14.8 Å². The van der Waals surface area contributed by atoms with E-state index >= 15 is 0 Å². The zero-order valence-electron chi connectivity index (χ0n) is 19.1. The molecule has 0 aromatic heterocycles. The molecule has 35 heavy (non-hydrogen) atoms. The predicted octanol–water partition coefficient (Wildman–Crippen LogP) is 4.60. The number of amides is 2. The van der Waals surface area contributed by atoms with E-state index in [2.05, 4.69) is 5.32 Å². The van der Waals surface area contributed by atoms with E-state index in [0.29, 0.717) is 51.4 Å². The molecule has 2 aromatic carbocycles. The van der Waals surface area contributed by atoms with E-state index in [4.69, 9.17) is 26.4 Å². The van der Waals surface area contributed by atoms with Crippen LogP contribution in [0.15, 0.2) is 47.4 Å².